The number of phenolic OH excluding ortho intramolecular Hbond substituents is 1. The van der Waals surface area contributed by atoms with Gasteiger partial charge in [-0.3, -0.25) is 0 Å². The first-order valence-corrected chi connectivity index (χ1v) is 6.12. The molecule has 0 aliphatic carbocycles. The number of methoxy groups -OCH3 is 1. The quantitative estimate of drug-likeness (QED) is 0.752. The van der Waals surface area contributed by atoms with Crippen LogP contribution in [0.5, 0.6) is 17.2 Å². The minimum Gasteiger partial charge on any atom is -0.508 e. The summed E-state index contributed by atoms with van der Waals surface area (Å²) in [5, 5.41) is 28.3. The van der Waals surface area contributed by atoms with Crippen LogP contribution in [0.4, 0.5) is 0 Å². The van der Waals surface area contributed by atoms with Crippen molar-refractivity contribution < 1.29 is 24.9 Å². The van der Waals surface area contributed by atoms with Crippen molar-refractivity contribution in [3.05, 3.63) is 53.1 Å². The van der Waals surface area contributed by atoms with Crippen molar-refractivity contribution in [3.8, 4) is 17.2 Å². The maximum atomic E-state index is 11.2. The maximum absolute atomic E-state index is 11.2. The van der Waals surface area contributed by atoms with Gasteiger partial charge < -0.3 is 20.1 Å². The van der Waals surface area contributed by atoms with Crippen LogP contribution in [-0.4, -0.2) is 28.4 Å². The number of carboxylic acid groups (broad SMARTS) is 1. The van der Waals surface area contributed by atoms with E-state index in [0.717, 1.165) is 0 Å². The molecule has 3 N–H and O–H groups in total. The van der Waals surface area contributed by atoms with Gasteiger partial charge in [0.1, 0.15) is 22.8 Å². The van der Waals surface area contributed by atoms with Crippen molar-refractivity contribution in [2.75, 3.05) is 7.11 Å². The smallest absolute Gasteiger partial charge is 0.340 e. The molecular formula is C16H14O5. The molecule has 0 unspecified atom stereocenters. The molecule has 0 bridgehead atoms. The number of benzene rings is 2. The van der Waals surface area contributed by atoms with Gasteiger partial charge in [-0.1, -0.05) is 24.3 Å². The molecule has 21 heavy (non-hydrogen) atoms. The van der Waals surface area contributed by atoms with Crippen LogP contribution in [0.2, 0.25) is 0 Å². The molecule has 2 aromatic rings. The van der Waals surface area contributed by atoms with Gasteiger partial charge in [-0.15, -0.1) is 0 Å². The number of hydrogen-bond acceptors (Lipinski definition) is 4. The number of hydrogen-bond donors (Lipinski definition) is 3. The highest BCUT2D eigenvalue weighted by molar-refractivity contribution is 5.96. The maximum Gasteiger partial charge on any atom is 0.340 e. The summed E-state index contributed by atoms with van der Waals surface area (Å²) in [4.78, 5) is 11.2. The molecule has 0 saturated heterocycles. The summed E-state index contributed by atoms with van der Waals surface area (Å²) in [5.74, 6) is -1.12. The van der Waals surface area contributed by atoms with E-state index in [1.54, 1.807) is 24.3 Å². The summed E-state index contributed by atoms with van der Waals surface area (Å²) >= 11 is 0. The van der Waals surface area contributed by atoms with E-state index < -0.39 is 5.97 Å². The zero-order valence-electron chi connectivity index (χ0n) is 11.3. The Morgan fingerprint density at radius 3 is 2.52 bits per heavy atom. The number of aromatic hydroxyl groups is 2. The van der Waals surface area contributed by atoms with Crippen LogP contribution in [0.15, 0.2) is 36.4 Å². The van der Waals surface area contributed by atoms with E-state index in [1.165, 1.54) is 31.4 Å². The molecule has 0 spiro atoms. The van der Waals surface area contributed by atoms with Gasteiger partial charge in [-0.25, -0.2) is 4.79 Å². The van der Waals surface area contributed by atoms with Gasteiger partial charge in [0.2, 0.25) is 0 Å². The number of phenols is 2. The van der Waals surface area contributed by atoms with Gasteiger partial charge in [-0.05, 0) is 29.3 Å². The van der Waals surface area contributed by atoms with Gasteiger partial charge >= 0.3 is 5.97 Å². The fraction of sp³-hybridized carbons (Fsp3) is 0.0625. The Morgan fingerprint density at radius 1 is 1.14 bits per heavy atom. The Labute approximate surface area is 121 Å². The first kappa shape index (κ1) is 14.5. The summed E-state index contributed by atoms with van der Waals surface area (Å²) in [5.41, 5.74) is 0.809. The molecule has 0 fully saturated rings. The molecule has 0 aliphatic rings. The topological polar surface area (TPSA) is 87.0 Å². The SMILES string of the molecule is COc1cc(O)c(C(=O)O)c(/C=C/c2cccc(O)c2)c1. The van der Waals surface area contributed by atoms with Crippen LogP contribution in [-0.2, 0) is 0 Å². The third-order valence-electron chi connectivity index (χ3n) is 2.90. The Morgan fingerprint density at radius 2 is 1.90 bits per heavy atom. The predicted molar refractivity (Wildman–Crippen MR) is 78.7 cm³/mol. The lowest BCUT2D eigenvalue weighted by molar-refractivity contribution is 0.0693. The number of rotatable bonds is 4. The zero-order chi connectivity index (χ0) is 15.4. The van der Waals surface area contributed by atoms with Crippen molar-refractivity contribution in [1.82, 2.24) is 0 Å². The second-order valence-electron chi connectivity index (χ2n) is 4.34. The normalized spacial score (nSPS) is 10.7. The van der Waals surface area contributed by atoms with Crippen molar-refractivity contribution in [2.45, 2.75) is 0 Å². The molecule has 0 aromatic heterocycles. The predicted octanol–water partition coefficient (Wildman–Crippen LogP) is 2.98. The van der Waals surface area contributed by atoms with E-state index in [1.807, 2.05) is 0 Å². The molecule has 108 valence electrons. The Bertz CT molecular complexity index is 704. The average molecular weight is 286 g/mol. The molecule has 5 heteroatoms. The molecule has 0 amide bonds. The average Bonchev–Trinajstić information content (AvgIpc) is 2.44. The largest absolute Gasteiger partial charge is 0.508 e. The molecule has 0 radical (unpaired) electrons. The fourth-order valence-electron chi connectivity index (χ4n) is 1.92. The molecule has 0 aliphatic heterocycles. The zero-order valence-corrected chi connectivity index (χ0v) is 11.3. The van der Waals surface area contributed by atoms with Crippen molar-refractivity contribution in [1.29, 1.82) is 0 Å². The number of aromatic carboxylic acids is 1. The van der Waals surface area contributed by atoms with Crippen LogP contribution in [0.3, 0.4) is 0 Å². The second kappa shape index (κ2) is 6.00. The Hall–Kier alpha value is -2.95. The summed E-state index contributed by atoms with van der Waals surface area (Å²) < 4.78 is 5.01. The highest BCUT2D eigenvalue weighted by atomic mass is 16.5. The lowest BCUT2D eigenvalue weighted by Gasteiger charge is -2.08. The van der Waals surface area contributed by atoms with Gasteiger partial charge in [-0.2, -0.15) is 0 Å². The molecule has 0 saturated carbocycles. The van der Waals surface area contributed by atoms with Crippen LogP contribution in [0.25, 0.3) is 12.2 Å². The molecule has 2 aromatic carbocycles. The summed E-state index contributed by atoms with van der Waals surface area (Å²) in [6, 6.07) is 9.28. The fourth-order valence-corrected chi connectivity index (χ4v) is 1.92. The van der Waals surface area contributed by atoms with E-state index >= 15 is 0 Å². The van der Waals surface area contributed by atoms with Crippen molar-refractivity contribution >= 4 is 18.1 Å². The lowest BCUT2D eigenvalue weighted by Crippen LogP contribution is -2.01. The standard InChI is InChI=1S/C16H14O5/c1-21-13-8-11(15(16(19)20)14(18)9-13)6-5-10-3-2-4-12(17)7-10/h2-9,17-18H,1H3,(H,19,20)/b6-5+. The molecule has 0 atom stereocenters. The van der Waals surface area contributed by atoms with Gasteiger partial charge in [0.05, 0.1) is 7.11 Å². The molecule has 2 rings (SSSR count). The monoisotopic (exact) mass is 286 g/mol. The van der Waals surface area contributed by atoms with Crippen LogP contribution >= 0.6 is 0 Å². The van der Waals surface area contributed by atoms with Crippen LogP contribution in [0, 0.1) is 0 Å². The van der Waals surface area contributed by atoms with Crippen LogP contribution in [0.1, 0.15) is 21.5 Å². The minimum absolute atomic E-state index is 0.115. The number of carboxylic acids is 1. The third-order valence-corrected chi connectivity index (χ3v) is 2.90. The lowest BCUT2D eigenvalue weighted by atomic mass is 10.0. The number of carbonyl (C=O) groups is 1. The second-order valence-corrected chi connectivity index (χ2v) is 4.34. The van der Waals surface area contributed by atoms with Gasteiger partial charge in [0.15, 0.2) is 0 Å². The van der Waals surface area contributed by atoms with Gasteiger partial charge in [0.25, 0.3) is 0 Å². The molecular weight excluding hydrogens is 272 g/mol. The van der Waals surface area contributed by atoms with E-state index in [0.29, 0.717) is 16.9 Å². The number of ether oxygens (including phenoxy) is 1. The molecule has 0 heterocycles. The first-order chi connectivity index (χ1) is 10.0. The Kier molecular flexibility index (Phi) is 4.13. The highest BCUT2D eigenvalue weighted by Crippen LogP contribution is 2.29. The van der Waals surface area contributed by atoms with E-state index in [2.05, 4.69) is 0 Å². The van der Waals surface area contributed by atoms with Crippen molar-refractivity contribution in [2.24, 2.45) is 0 Å². The van der Waals surface area contributed by atoms with Crippen molar-refractivity contribution in [3.63, 3.8) is 0 Å². The first-order valence-electron chi connectivity index (χ1n) is 6.12. The summed E-state index contributed by atoms with van der Waals surface area (Å²) in [6.45, 7) is 0. The van der Waals surface area contributed by atoms with E-state index in [-0.39, 0.29) is 17.1 Å². The van der Waals surface area contributed by atoms with Gasteiger partial charge in [0, 0.05) is 6.07 Å². The minimum atomic E-state index is -1.23. The third kappa shape index (κ3) is 3.33. The van der Waals surface area contributed by atoms with E-state index in [4.69, 9.17) is 4.74 Å². The molecule has 5 nitrogen and oxygen atoms in total. The summed E-state index contributed by atoms with van der Waals surface area (Å²) in [6.07, 6.45) is 3.18. The van der Waals surface area contributed by atoms with Crippen LogP contribution < -0.4 is 4.74 Å². The Balaban J connectivity index is 2.47. The highest BCUT2D eigenvalue weighted by Gasteiger charge is 2.15. The van der Waals surface area contributed by atoms with E-state index in [9.17, 15) is 20.1 Å². The summed E-state index contributed by atoms with van der Waals surface area (Å²) in [7, 11) is 1.43.